The van der Waals surface area contributed by atoms with Gasteiger partial charge in [-0.05, 0) is 277 Å². The maximum Gasteiger partial charge on any atom is 0.0623 e. The molecule has 145 heavy (non-hydrogen) atoms. The molecule has 0 radical (unpaired) electrons. The van der Waals surface area contributed by atoms with E-state index < -0.39 is 0 Å². The van der Waals surface area contributed by atoms with Gasteiger partial charge in [-0.25, -0.2) is 23.3 Å². The molecule has 2 aliphatic carbocycles. The summed E-state index contributed by atoms with van der Waals surface area (Å²) in [7, 11) is 0. The first kappa shape index (κ1) is 105. The molecule has 0 saturated heterocycles. The summed E-state index contributed by atoms with van der Waals surface area (Å²) in [6.07, 6.45) is 20.5. The molecule has 2 aliphatic rings. The number of hydrogen-bond acceptors (Lipinski definition) is 2. The van der Waals surface area contributed by atoms with E-state index in [0.29, 0.717) is 11.8 Å². The normalized spacial score (nSPS) is 12.8. The van der Waals surface area contributed by atoms with E-state index in [0.717, 1.165) is 47.2 Å². The van der Waals surface area contributed by atoms with Crippen molar-refractivity contribution in [2.75, 3.05) is 0 Å². The predicted molar refractivity (Wildman–Crippen MR) is 626 cm³/mol. The van der Waals surface area contributed by atoms with E-state index in [-0.39, 0.29) is 71.5 Å². The SMILES string of the molecule is C.C.C.C.C.C.CCC(C)Cc1cc(-n2c3ccccc3c3ccccc32)cc(-n2c3ccccc3c3ccccc32)c1.CCC(C)Cc1cc(C)c(-c2cc(C)c3c(c2)C2C=C[C-]=C2c2[c-]cccc2-3)c(C)c1.CCC(C)Cc1cccc(-n2c3ccccc3c3cc(-c4cccc(-n5c6ccccc6c6ccccc65)c4)ccc32)c1.Cc1cc(C)c(-c2cc(C)c3c4ncc[c-]c4c4nccn4c3c2)c(C)c1.[Pt]. The Morgan fingerprint density at radius 2 is 0.745 bits per heavy atom. The molecule has 8 heteroatoms. The van der Waals surface area contributed by atoms with Crippen molar-refractivity contribution >= 4 is 120 Å². The van der Waals surface area contributed by atoms with Crippen molar-refractivity contribution in [3.63, 3.8) is 0 Å². The van der Waals surface area contributed by atoms with Crippen LogP contribution in [0.1, 0.15) is 178 Å². The average molecular weight is 2080 g/mol. The number of aryl methyl sites for hydroxylation is 7. The molecule has 0 amide bonds. The molecule has 0 N–H and O–H groups in total. The van der Waals surface area contributed by atoms with Gasteiger partial charge < -0.3 is 27.7 Å². The Bertz CT molecular complexity index is 8470. The molecule has 4 atom stereocenters. The van der Waals surface area contributed by atoms with Gasteiger partial charge in [0.05, 0.1) is 49.8 Å². The Kier molecular flexibility index (Phi) is 31.6. The van der Waals surface area contributed by atoms with Crippen molar-refractivity contribution in [3.8, 4) is 67.3 Å². The van der Waals surface area contributed by atoms with Crippen molar-refractivity contribution in [2.24, 2.45) is 17.8 Å². The van der Waals surface area contributed by atoms with E-state index in [9.17, 15) is 0 Å². The van der Waals surface area contributed by atoms with Crippen molar-refractivity contribution in [3.05, 3.63) is 443 Å². The zero-order valence-corrected chi connectivity index (χ0v) is 83.8. The second-order valence-corrected chi connectivity index (χ2v) is 39.0. The smallest absolute Gasteiger partial charge is 0.0623 e. The summed E-state index contributed by atoms with van der Waals surface area (Å²) in [5, 5.41) is 12.4. The number of benzene rings is 16. The molecule has 16 aromatic carbocycles. The van der Waals surface area contributed by atoms with E-state index in [2.05, 4.69) is 468 Å². The molecule has 7 nitrogen and oxygen atoms in total. The van der Waals surface area contributed by atoms with Crippen LogP contribution in [0, 0.1) is 84.4 Å². The Labute approximate surface area is 874 Å². The molecular formula is C137H138N7Pt-3. The first-order valence-corrected chi connectivity index (χ1v) is 49.5. The third-order valence-electron chi connectivity index (χ3n) is 29.5. The number of imidazole rings is 1. The predicted octanol–water partition coefficient (Wildman–Crippen LogP) is 38.3. The van der Waals surface area contributed by atoms with Crippen molar-refractivity contribution in [1.82, 2.24) is 32.6 Å². The maximum atomic E-state index is 4.66. The molecule has 734 valence electrons. The third kappa shape index (κ3) is 19.1. The summed E-state index contributed by atoms with van der Waals surface area (Å²) in [6, 6.07) is 127. The Balaban J connectivity index is 0.000000145. The minimum Gasteiger partial charge on any atom is -0.351 e. The number of aromatic nitrogens is 7. The van der Waals surface area contributed by atoms with E-state index in [1.165, 1.54) is 251 Å². The van der Waals surface area contributed by atoms with Gasteiger partial charge in [-0.2, -0.15) is 23.8 Å². The molecule has 0 fully saturated rings. The van der Waals surface area contributed by atoms with Gasteiger partial charge in [0.1, 0.15) is 0 Å². The van der Waals surface area contributed by atoms with Crippen molar-refractivity contribution < 1.29 is 21.1 Å². The van der Waals surface area contributed by atoms with Crippen LogP contribution in [0.15, 0.2) is 358 Å². The number of allylic oxidation sites excluding steroid dienone is 4. The van der Waals surface area contributed by atoms with Crippen LogP contribution in [0.25, 0.3) is 188 Å². The fourth-order valence-electron chi connectivity index (χ4n) is 22.8. The molecule has 0 bridgehead atoms. The number of hydrogen-bond donors (Lipinski definition) is 0. The fourth-order valence-corrected chi connectivity index (χ4v) is 22.8. The summed E-state index contributed by atoms with van der Waals surface area (Å²) in [6.45, 7) is 29.4. The van der Waals surface area contributed by atoms with Gasteiger partial charge in [0.25, 0.3) is 0 Å². The topological polar surface area (TPSA) is 49.9 Å². The Morgan fingerprint density at radius 3 is 1.26 bits per heavy atom. The molecule has 0 spiro atoms. The second-order valence-electron chi connectivity index (χ2n) is 39.0. The van der Waals surface area contributed by atoms with Crippen molar-refractivity contribution in [1.29, 1.82) is 0 Å². The van der Waals surface area contributed by atoms with Crippen LogP contribution >= 0.6 is 0 Å². The van der Waals surface area contributed by atoms with Gasteiger partial charge in [-0.1, -0.05) is 345 Å². The number of para-hydroxylation sites is 7. The van der Waals surface area contributed by atoms with Crippen LogP contribution in [0.3, 0.4) is 0 Å². The fraction of sp³-hybridized carbons (Fsp3) is 0.212. The zero-order valence-electron chi connectivity index (χ0n) is 81.6. The molecular weight excluding hydrogens is 1940 g/mol. The number of nitrogens with zero attached hydrogens (tertiary/aromatic N) is 7. The van der Waals surface area contributed by atoms with Crippen LogP contribution < -0.4 is 0 Å². The Morgan fingerprint density at radius 1 is 0.324 bits per heavy atom. The van der Waals surface area contributed by atoms with Crippen molar-refractivity contribution in [2.45, 2.75) is 179 Å². The molecule has 7 heterocycles. The third-order valence-corrected chi connectivity index (χ3v) is 29.5. The number of fused-ring (bicyclic) bond motifs is 24. The van der Waals surface area contributed by atoms with Gasteiger partial charge in [0, 0.05) is 105 Å². The van der Waals surface area contributed by atoms with E-state index in [4.69, 9.17) is 0 Å². The zero-order chi connectivity index (χ0) is 94.3. The van der Waals surface area contributed by atoms with Crippen LogP contribution in [0.2, 0.25) is 0 Å². The van der Waals surface area contributed by atoms with Gasteiger partial charge in [-0.3, -0.25) is 4.98 Å². The standard InChI is InChI=1S/C41H34N2.C35H30N2.C31H30.C24H20N3.6CH4.Pt/c1-3-28(2)24-29-12-10-14-32(25-29)42-40-21-9-6-18-36(40)37-27-31(22-23-41(37)42)30-13-11-15-33(26-30)43-38-19-7-4-16-34(38)35-17-5-8-20-39(35)43;1-3-24(2)20-25-21-26(36-32-16-8-4-12-28(32)29-13-5-9-17-33(29)36)23-27(22-25)37-34-18-10-6-14-30(34)31-15-7-11-19-35(31)37;1-6-19(2)14-23-15-20(3)30(21(4)16-23)24-17-22(5)31-28-11-8-7-10-26(28)25-12-9-13-27(25)29(31)18-24;1-14-10-15(2)21(16(3)11-14)18-12-17(4)22-20(13-18)27-9-8-26-24(27)19-6-5-7-25-23(19)22;;;;;;;/h4-23,25-28H,3,24H2,1-2H3;4-19,21-24H,3,20H2,1-2H3;7-9,11,13,15-19,27H,6,14H2,1-5H3;5,7-13H,1-4H3;6*1H4;/q;;-2;-1;;;;;;;. The maximum absolute atomic E-state index is 4.66. The number of rotatable bonds is 16. The average Bonchev–Trinajstić information content (AvgIpc) is 0.975. The number of pyridine rings is 2. The quantitative estimate of drug-likeness (QED) is 0.0715. The molecule has 0 aliphatic heterocycles. The van der Waals surface area contributed by atoms with E-state index >= 15 is 0 Å². The van der Waals surface area contributed by atoms with E-state index in [1.54, 1.807) is 0 Å². The van der Waals surface area contributed by atoms with E-state index in [1.807, 2.05) is 30.7 Å². The second kappa shape index (κ2) is 43.8. The van der Waals surface area contributed by atoms with Gasteiger partial charge >= 0.3 is 0 Å². The molecule has 25 rings (SSSR count). The minimum absolute atomic E-state index is 0. The summed E-state index contributed by atoms with van der Waals surface area (Å²) in [5.74, 6) is 2.31. The monoisotopic (exact) mass is 2080 g/mol. The Hall–Kier alpha value is -14.8. The van der Waals surface area contributed by atoms with Crippen LogP contribution in [-0.2, 0) is 40.3 Å². The molecule has 4 unspecified atom stereocenters. The summed E-state index contributed by atoms with van der Waals surface area (Å²) in [5.41, 5.74) is 45.5. The van der Waals surface area contributed by atoms with Crippen LogP contribution in [-0.4, -0.2) is 32.6 Å². The largest absolute Gasteiger partial charge is 0.351 e. The van der Waals surface area contributed by atoms with Gasteiger partial charge in [0.15, 0.2) is 0 Å². The summed E-state index contributed by atoms with van der Waals surface area (Å²) < 4.78 is 11.9. The first-order chi connectivity index (χ1) is 67.4. The van der Waals surface area contributed by atoms with Gasteiger partial charge in [0.2, 0.25) is 0 Å². The summed E-state index contributed by atoms with van der Waals surface area (Å²) in [4.78, 5) is 9.23. The van der Waals surface area contributed by atoms with Gasteiger partial charge in [-0.15, -0.1) is 24.3 Å². The summed E-state index contributed by atoms with van der Waals surface area (Å²) >= 11 is 0. The molecule has 7 aromatic heterocycles. The molecule has 23 aromatic rings. The molecule has 0 saturated carbocycles. The minimum atomic E-state index is 0. The first-order valence-electron chi connectivity index (χ1n) is 49.5. The van der Waals surface area contributed by atoms with Crippen LogP contribution in [0.4, 0.5) is 0 Å². The van der Waals surface area contributed by atoms with Crippen LogP contribution in [0.5, 0.6) is 0 Å².